The van der Waals surface area contributed by atoms with Crippen LogP contribution in [0.5, 0.6) is 0 Å². The zero-order valence-electron chi connectivity index (χ0n) is 13.9. The number of nitrogens with zero attached hydrogens (tertiary/aromatic N) is 1. The SMILES string of the molecule is CC(CNC(=O)NCC(O)c1c(F)cccc1F)CN1CCCC1. The predicted octanol–water partition coefficient (Wildman–Crippen LogP) is 2.03. The van der Waals surface area contributed by atoms with Crippen LogP contribution in [0, 0.1) is 17.6 Å². The number of urea groups is 1. The number of likely N-dealkylation sites (tertiary alicyclic amines) is 1. The molecule has 7 heteroatoms. The van der Waals surface area contributed by atoms with Crippen LogP contribution in [0.1, 0.15) is 31.4 Å². The molecule has 2 unspecified atom stereocenters. The summed E-state index contributed by atoms with van der Waals surface area (Å²) in [4.78, 5) is 14.1. The minimum Gasteiger partial charge on any atom is -0.386 e. The van der Waals surface area contributed by atoms with Crippen molar-refractivity contribution < 1.29 is 18.7 Å². The number of hydrogen-bond donors (Lipinski definition) is 3. The molecule has 134 valence electrons. The van der Waals surface area contributed by atoms with Crippen molar-refractivity contribution >= 4 is 6.03 Å². The number of aliphatic hydroxyl groups excluding tert-OH is 1. The van der Waals surface area contributed by atoms with Crippen LogP contribution in [-0.2, 0) is 0 Å². The molecule has 1 aliphatic rings. The molecule has 1 saturated heterocycles. The Bertz CT molecular complexity index is 530. The van der Waals surface area contributed by atoms with Gasteiger partial charge in [-0.2, -0.15) is 0 Å². The fraction of sp³-hybridized carbons (Fsp3) is 0.588. The van der Waals surface area contributed by atoms with Gasteiger partial charge < -0.3 is 20.6 Å². The molecule has 1 aromatic rings. The van der Waals surface area contributed by atoms with Gasteiger partial charge >= 0.3 is 6.03 Å². The van der Waals surface area contributed by atoms with E-state index in [1.54, 1.807) is 0 Å². The zero-order chi connectivity index (χ0) is 17.5. The minimum atomic E-state index is -1.43. The number of amides is 2. The molecule has 5 nitrogen and oxygen atoms in total. The van der Waals surface area contributed by atoms with Crippen LogP contribution in [0.2, 0.25) is 0 Å². The first-order valence-electron chi connectivity index (χ1n) is 8.33. The maximum absolute atomic E-state index is 13.5. The first-order chi connectivity index (χ1) is 11.5. The molecule has 2 atom stereocenters. The number of benzene rings is 1. The molecule has 0 bridgehead atoms. The highest BCUT2D eigenvalue weighted by Crippen LogP contribution is 2.19. The molecule has 0 aromatic heterocycles. The van der Waals surface area contributed by atoms with Gasteiger partial charge in [0.2, 0.25) is 0 Å². The molecule has 1 aromatic carbocycles. The summed E-state index contributed by atoms with van der Waals surface area (Å²) in [5.41, 5.74) is -0.430. The Morgan fingerprint density at radius 1 is 1.21 bits per heavy atom. The highest BCUT2D eigenvalue weighted by Gasteiger charge is 2.19. The van der Waals surface area contributed by atoms with Gasteiger partial charge in [0.15, 0.2) is 0 Å². The molecular weight excluding hydrogens is 316 g/mol. The number of rotatable bonds is 7. The van der Waals surface area contributed by atoms with Crippen LogP contribution in [0.3, 0.4) is 0 Å². The summed E-state index contributed by atoms with van der Waals surface area (Å²) in [6.45, 7) is 5.45. The largest absolute Gasteiger partial charge is 0.386 e. The molecule has 0 spiro atoms. The van der Waals surface area contributed by atoms with Crippen molar-refractivity contribution in [3.63, 3.8) is 0 Å². The first-order valence-corrected chi connectivity index (χ1v) is 8.33. The molecule has 1 fully saturated rings. The lowest BCUT2D eigenvalue weighted by Gasteiger charge is -2.20. The predicted molar refractivity (Wildman–Crippen MR) is 87.6 cm³/mol. The number of aliphatic hydroxyl groups is 1. The van der Waals surface area contributed by atoms with Crippen molar-refractivity contribution in [3.05, 3.63) is 35.4 Å². The fourth-order valence-corrected chi connectivity index (χ4v) is 2.92. The highest BCUT2D eigenvalue weighted by atomic mass is 19.1. The van der Waals surface area contributed by atoms with Crippen LogP contribution < -0.4 is 10.6 Å². The van der Waals surface area contributed by atoms with Crippen molar-refractivity contribution in [2.24, 2.45) is 5.92 Å². The Labute approximate surface area is 141 Å². The van der Waals surface area contributed by atoms with E-state index in [2.05, 4.69) is 22.5 Å². The summed E-state index contributed by atoms with van der Waals surface area (Å²) < 4.78 is 27.1. The number of carbonyl (C=O) groups excluding carboxylic acids is 1. The normalized spacial score (nSPS) is 17.5. The summed E-state index contributed by atoms with van der Waals surface area (Å²) in [7, 11) is 0. The zero-order valence-corrected chi connectivity index (χ0v) is 13.9. The second-order valence-electron chi connectivity index (χ2n) is 6.35. The Balaban J connectivity index is 1.70. The summed E-state index contributed by atoms with van der Waals surface area (Å²) in [6, 6.07) is 2.91. The Morgan fingerprint density at radius 3 is 2.42 bits per heavy atom. The molecule has 0 aliphatic carbocycles. The molecule has 2 rings (SSSR count). The van der Waals surface area contributed by atoms with Crippen molar-refractivity contribution in [2.45, 2.75) is 25.9 Å². The van der Waals surface area contributed by atoms with Gasteiger partial charge in [0.25, 0.3) is 0 Å². The van der Waals surface area contributed by atoms with Gasteiger partial charge in [-0.1, -0.05) is 13.0 Å². The van der Waals surface area contributed by atoms with E-state index in [0.717, 1.165) is 31.8 Å². The van der Waals surface area contributed by atoms with Crippen molar-refractivity contribution in [2.75, 3.05) is 32.7 Å². The van der Waals surface area contributed by atoms with E-state index in [0.29, 0.717) is 12.5 Å². The van der Waals surface area contributed by atoms with Crippen molar-refractivity contribution in [3.8, 4) is 0 Å². The van der Waals surface area contributed by atoms with Gasteiger partial charge in [-0.25, -0.2) is 13.6 Å². The van der Waals surface area contributed by atoms with E-state index in [-0.39, 0.29) is 6.54 Å². The maximum atomic E-state index is 13.5. The number of hydrogen-bond acceptors (Lipinski definition) is 3. The van der Waals surface area contributed by atoms with Crippen molar-refractivity contribution in [1.82, 2.24) is 15.5 Å². The molecular formula is C17H25F2N3O2. The molecule has 24 heavy (non-hydrogen) atoms. The third kappa shape index (κ3) is 5.42. The highest BCUT2D eigenvalue weighted by molar-refractivity contribution is 5.73. The summed E-state index contributed by atoms with van der Waals surface area (Å²) in [5, 5.41) is 15.0. The second-order valence-corrected chi connectivity index (χ2v) is 6.35. The van der Waals surface area contributed by atoms with Crippen molar-refractivity contribution in [1.29, 1.82) is 0 Å². The number of carbonyl (C=O) groups is 1. The van der Waals surface area contributed by atoms with Gasteiger partial charge in [-0.15, -0.1) is 0 Å². The molecule has 1 heterocycles. The molecule has 0 radical (unpaired) electrons. The summed E-state index contributed by atoms with van der Waals surface area (Å²) in [6.07, 6.45) is 1.02. The van der Waals surface area contributed by atoms with E-state index in [4.69, 9.17) is 0 Å². The van der Waals surface area contributed by atoms with E-state index in [1.165, 1.54) is 18.9 Å². The van der Waals surface area contributed by atoms with Gasteiger partial charge in [0.05, 0.1) is 5.56 Å². The quantitative estimate of drug-likeness (QED) is 0.711. The third-order valence-corrected chi connectivity index (χ3v) is 4.17. The second kappa shape index (κ2) is 8.94. The summed E-state index contributed by atoms with van der Waals surface area (Å²) in [5.74, 6) is -1.35. The van der Waals surface area contributed by atoms with Gasteiger partial charge in [-0.05, 0) is 44.0 Å². The van der Waals surface area contributed by atoms with Crippen LogP contribution in [0.25, 0.3) is 0 Å². The van der Waals surface area contributed by atoms with Gasteiger partial charge in [0, 0.05) is 19.6 Å². The Morgan fingerprint density at radius 2 is 1.79 bits per heavy atom. The fourth-order valence-electron chi connectivity index (χ4n) is 2.92. The van der Waals surface area contributed by atoms with Crippen LogP contribution in [0.4, 0.5) is 13.6 Å². The van der Waals surface area contributed by atoms with Gasteiger partial charge in [-0.3, -0.25) is 0 Å². The first kappa shape index (κ1) is 18.6. The Hall–Kier alpha value is -1.73. The average molecular weight is 341 g/mol. The van der Waals surface area contributed by atoms with E-state index in [1.807, 2.05) is 0 Å². The molecule has 3 N–H and O–H groups in total. The topological polar surface area (TPSA) is 64.6 Å². The average Bonchev–Trinajstić information content (AvgIpc) is 3.03. The lowest BCUT2D eigenvalue weighted by atomic mass is 10.1. The van der Waals surface area contributed by atoms with E-state index in [9.17, 15) is 18.7 Å². The van der Waals surface area contributed by atoms with Crippen LogP contribution in [0.15, 0.2) is 18.2 Å². The van der Waals surface area contributed by atoms with Crippen LogP contribution in [-0.4, -0.2) is 48.8 Å². The van der Waals surface area contributed by atoms with Crippen LogP contribution >= 0.6 is 0 Å². The monoisotopic (exact) mass is 341 g/mol. The lowest BCUT2D eigenvalue weighted by Crippen LogP contribution is -2.41. The Kier molecular flexibility index (Phi) is 6.93. The molecule has 1 aliphatic heterocycles. The third-order valence-electron chi connectivity index (χ3n) is 4.17. The molecule has 0 saturated carbocycles. The lowest BCUT2D eigenvalue weighted by molar-refractivity contribution is 0.164. The number of nitrogens with one attached hydrogen (secondary N) is 2. The summed E-state index contributed by atoms with van der Waals surface area (Å²) >= 11 is 0. The minimum absolute atomic E-state index is 0.260. The number of halogens is 2. The molecule has 2 amide bonds. The van der Waals surface area contributed by atoms with Gasteiger partial charge in [0.1, 0.15) is 17.7 Å². The standard InChI is InChI=1S/C17H25F2N3O2/c1-12(11-22-7-2-3-8-22)9-20-17(24)21-10-15(23)16-13(18)5-4-6-14(16)19/h4-6,12,15,23H,2-3,7-11H2,1H3,(H2,20,21,24). The maximum Gasteiger partial charge on any atom is 0.314 e. The van der Waals surface area contributed by atoms with E-state index < -0.39 is 29.3 Å². The van der Waals surface area contributed by atoms with E-state index >= 15 is 0 Å². The smallest absolute Gasteiger partial charge is 0.314 e.